The van der Waals surface area contributed by atoms with Gasteiger partial charge in [-0.1, -0.05) is 36.4 Å². The summed E-state index contributed by atoms with van der Waals surface area (Å²) in [5.74, 6) is 0. The standard InChI is InChI=1S/C13H9Br2N/c14-13(15)12(10-6-2-1-3-7-10)11-8-4-5-9-16-11/h1-9H. The molecule has 0 saturated carbocycles. The highest BCUT2D eigenvalue weighted by Gasteiger charge is 2.08. The third kappa shape index (κ3) is 2.60. The van der Waals surface area contributed by atoms with Gasteiger partial charge in [-0.3, -0.25) is 4.98 Å². The molecule has 0 saturated heterocycles. The summed E-state index contributed by atoms with van der Waals surface area (Å²) in [6, 6.07) is 16.0. The average molecular weight is 339 g/mol. The number of rotatable bonds is 2. The second-order valence-electron chi connectivity index (χ2n) is 3.22. The Morgan fingerprint density at radius 1 is 0.875 bits per heavy atom. The zero-order valence-electron chi connectivity index (χ0n) is 8.40. The van der Waals surface area contributed by atoms with E-state index in [2.05, 4.69) is 49.0 Å². The fourth-order valence-electron chi connectivity index (χ4n) is 1.47. The highest BCUT2D eigenvalue weighted by Crippen LogP contribution is 2.31. The second-order valence-corrected chi connectivity index (χ2v) is 5.87. The zero-order chi connectivity index (χ0) is 11.4. The van der Waals surface area contributed by atoms with Crippen molar-refractivity contribution in [3.05, 3.63) is 69.4 Å². The summed E-state index contributed by atoms with van der Waals surface area (Å²) in [4.78, 5) is 4.36. The lowest BCUT2D eigenvalue weighted by Gasteiger charge is -2.07. The van der Waals surface area contributed by atoms with Crippen molar-refractivity contribution in [2.75, 3.05) is 0 Å². The van der Waals surface area contributed by atoms with Gasteiger partial charge in [-0.2, -0.15) is 0 Å². The molecule has 0 fully saturated rings. The van der Waals surface area contributed by atoms with Gasteiger partial charge in [0, 0.05) is 11.8 Å². The monoisotopic (exact) mass is 337 g/mol. The fourth-order valence-corrected chi connectivity index (χ4v) is 2.33. The molecule has 0 amide bonds. The van der Waals surface area contributed by atoms with Gasteiger partial charge < -0.3 is 0 Å². The molecular formula is C13H9Br2N. The van der Waals surface area contributed by atoms with Crippen LogP contribution in [0.1, 0.15) is 11.3 Å². The quantitative estimate of drug-likeness (QED) is 0.780. The summed E-state index contributed by atoms with van der Waals surface area (Å²) in [7, 11) is 0. The van der Waals surface area contributed by atoms with Crippen molar-refractivity contribution in [2.45, 2.75) is 0 Å². The van der Waals surface area contributed by atoms with E-state index >= 15 is 0 Å². The van der Waals surface area contributed by atoms with Crippen molar-refractivity contribution in [1.29, 1.82) is 0 Å². The smallest absolute Gasteiger partial charge is 0.0724 e. The number of hydrogen-bond donors (Lipinski definition) is 0. The van der Waals surface area contributed by atoms with Crippen molar-refractivity contribution in [1.82, 2.24) is 4.98 Å². The molecule has 0 atom stereocenters. The van der Waals surface area contributed by atoms with E-state index in [0.717, 1.165) is 20.2 Å². The number of benzene rings is 1. The first-order valence-electron chi connectivity index (χ1n) is 4.81. The number of pyridine rings is 1. The van der Waals surface area contributed by atoms with Crippen LogP contribution in [0.2, 0.25) is 0 Å². The van der Waals surface area contributed by atoms with Crippen LogP contribution in [-0.4, -0.2) is 4.98 Å². The van der Waals surface area contributed by atoms with Gasteiger partial charge in [0.05, 0.1) is 9.09 Å². The first kappa shape index (κ1) is 11.6. The summed E-state index contributed by atoms with van der Waals surface area (Å²) in [6.45, 7) is 0. The molecule has 1 nitrogen and oxygen atoms in total. The van der Waals surface area contributed by atoms with Crippen LogP contribution in [0.3, 0.4) is 0 Å². The lowest BCUT2D eigenvalue weighted by molar-refractivity contribution is 1.27. The number of nitrogens with zero attached hydrogens (tertiary/aromatic N) is 1. The maximum Gasteiger partial charge on any atom is 0.0724 e. The van der Waals surface area contributed by atoms with Crippen molar-refractivity contribution in [2.24, 2.45) is 0 Å². The van der Waals surface area contributed by atoms with Gasteiger partial charge in [0.15, 0.2) is 0 Å². The van der Waals surface area contributed by atoms with Gasteiger partial charge in [0.1, 0.15) is 0 Å². The molecule has 0 bridgehead atoms. The number of halogens is 2. The van der Waals surface area contributed by atoms with Crippen LogP contribution in [0.5, 0.6) is 0 Å². The Kier molecular flexibility index (Phi) is 3.91. The molecule has 0 spiro atoms. The van der Waals surface area contributed by atoms with Crippen LogP contribution in [-0.2, 0) is 0 Å². The van der Waals surface area contributed by atoms with E-state index in [1.54, 1.807) is 6.20 Å². The molecule has 0 unspecified atom stereocenters. The van der Waals surface area contributed by atoms with Crippen LogP contribution in [0.25, 0.3) is 5.57 Å². The van der Waals surface area contributed by atoms with E-state index in [4.69, 9.17) is 0 Å². The molecule has 0 aliphatic rings. The van der Waals surface area contributed by atoms with Crippen molar-refractivity contribution in [3.8, 4) is 0 Å². The summed E-state index contributed by atoms with van der Waals surface area (Å²) >= 11 is 6.94. The third-order valence-electron chi connectivity index (χ3n) is 2.17. The average Bonchev–Trinajstić information content (AvgIpc) is 2.31. The third-order valence-corrected chi connectivity index (χ3v) is 2.97. The van der Waals surface area contributed by atoms with Gasteiger partial charge in [-0.05, 0) is 49.6 Å². The Morgan fingerprint density at radius 2 is 1.56 bits per heavy atom. The summed E-state index contributed by atoms with van der Waals surface area (Å²) in [5, 5.41) is 0. The summed E-state index contributed by atoms with van der Waals surface area (Å²) in [6.07, 6.45) is 1.79. The minimum Gasteiger partial charge on any atom is -0.256 e. The van der Waals surface area contributed by atoms with Crippen LogP contribution in [0, 0.1) is 0 Å². The SMILES string of the molecule is BrC(Br)=C(c1ccccc1)c1ccccn1. The molecule has 2 rings (SSSR count). The van der Waals surface area contributed by atoms with Crippen molar-refractivity contribution >= 4 is 37.4 Å². The topological polar surface area (TPSA) is 12.9 Å². The van der Waals surface area contributed by atoms with Crippen LogP contribution in [0.15, 0.2) is 58.1 Å². The van der Waals surface area contributed by atoms with Crippen LogP contribution in [0.4, 0.5) is 0 Å². The predicted octanol–water partition coefficient (Wildman–Crippen LogP) is 4.59. The Balaban J connectivity index is 2.54. The Bertz CT molecular complexity index is 446. The molecule has 0 aliphatic carbocycles. The van der Waals surface area contributed by atoms with Gasteiger partial charge in [-0.25, -0.2) is 0 Å². The van der Waals surface area contributed by atoms with E-state index < -0.39 is 0 Å². The zero-order valence-corrected chi connectivity index (χ0v) is 11.6. The first-order valence-corrected chi connectivity index (χ1v) is 6.40. The molecule has 1 aromatic carbocycles. The van der Waals surface area contributed by atoms with Crippen molar-refractivity contribution in [3.63, 3.8) is 0 Å². The maximum absolute atomic E-state index is 4.36. The second kappa shape index (κ2) is 5.41. The molecule has 1 aromatic heterocycles. The summed E-state index contributed by atoms with van der Waals surface area (Å²) in [5.41, 5.74) is 3.13. The molecule has 3 heteroatoms. The predicted molar refractivity (Wildman–Crippen MR) is 74.6 cm³/mol. The molecule has 2 aromatic rings. The van der Waals surface area contributed by atoms with E-state index in [1.807, 2.05) is 36.4 Å². The van der Waals surface area contributed by atoms with Gasteiger partial charge in [0.2, 0.25) is 0 Å². The van der Waals surface area contributed by atoms with E-state index in [9.17, 15) is 0 Å². The van der Waals surface area contributed by atoms with Crippen LogP contribution < -0.4 is 0 Å². The van der Waals surface area contributed by atoms with E-state index in [0.29, 0.717) is 0 Å². The fraction of sp³-hybridized carbons (Fsp3) is 0. The maximum atomic E-state index is 4.36. The largest absolute Gasteiger partial charge is 0.256 e. The Labute approximate surface area is 111 Å². The van der Waals surface area contributed by atoms with Gasteiger partial charge in [0.25, 0.3) is 0 Å². The molecule has 80 valence electrons. The highest BCUT2D eigenvalue weighted by atomic mass is 79.9. The lowest BCUT2D eigenvalue weighted by Crippen LogP contribution is -1.91. The number of aromatic nitrogens is 1. The lowest BCUT2D eigenvalue weighted by atomic mass is 10.0. The molecule has 0 N–H and O–H groups in total. The molecule has 1 heterocycles. The normalized spacial score (nSPS) is 9.88. The first-order chi connectivity index (χ1) is 7.79. The Hall–Kier alpha value is -0.930. The molecule has 0 radical (unpaired) electrons. The summed E-state index contributed by atoms with van der Waals surface area (Å²) < 4.78 is 0.907. The molecular weight excluding hydrogens is 330 g/mol. The molecule has 0 aliphatic heterocycles. The van der Waals surface area contributed by atoms with E-state index in [1.165, 1.54) is 0 Å². The van der Waals surface area contributed by atoms with Crippen molar-refractivity contribution < 1.29 is 0 Å². The van der Waals surface area contributed by atoms with E-state index in [-0.39, 0.29) is 0 Å². The number of hydrogen-bond acceptors (Lipinski definition) is 1. The van der Waals surface area contributed by atoms with Gasteiger partial charge in [-0.15, -0.1) is 0 Å². The minimum atomic E-state index is 0.907. The van der Waals surface area contributed by atoms with Gasteiger partial charge >= 0.3 is 0 Å². The minimum absolute atomic E-state index is 0.907. The Morgan fingerprint density at radius 3 is 2.12 bits per heavy atom. The van der Waals surface area contributed by atoms with Crippen LogP contribution >= 0.6 is 31.9 Å². The highest BCUT2D eigenvalue weighted by molar-refractivity contribution is 9.28. The molecule has 16 heavy (non-hydrogen) atoms.